The third-order valence-corrected chi connectivity index (χ3v) is 8.56. The van der Waals surface area contributed by atoms with Crippen molar-refractivity contribution in [1.82, 2.24) is 0 Å². The first-order valence-electron chi connectivity index (χ1n) is 17.6. The van der Waals surface area contributed by atoms with Crippen LogP contribution < -0.4 is 0 Å². The number of aliphatic hydroxyl groups is 2. The molecule has 2 N–H and O–H groups in total. The van der Waals surface area contributed by atoms with Gasteiger partial charge in [0.1, 0.15) is 0 Å². The van der Waals surface area contributed by atoms with Gasteiger partial charge in [-0.2, -0.15) is 0 Å². The molecule has 0 saturated carbocycles. The Morgan fingerprint density at radius 2 is 0.811 bits per heavy atom. The topological polar surface area (TPSA) is 65.2 Å². The molecule has 0 spiro atoms. The number of benzene rings is 5. The summed E-state index contributed by atoms with van der Waals surface area (Å²) in [5, 5.41) is 20.4. The summed E-state index contributed by atoms with van der Waals surface area (Å²) in [5.74, 6) is 1.28. The van der Waals surface area contributed by atoms with E-state index in [-0.39, 0.29) is 7.43 Å². The molecule has 282 valence electrons. The predicted octanol–water partition coefficient (Wildman–Crippen LogP) is 12.7. The number of hydrogen-bond donors (Lipinski definition) is 2. The van der Waals surface area contributed by atoms with Gasteiger partial charge in [-0.25, -0.2) is 0 Å². The number of halogens is 2. The summed E-state index contributed by atoms with van der Waals surface area (Å²) in [4.78, 5) is 8.56. The van der Waals surface area contributed by atoms with Crippen molar-refractivity contribution < 1.29 is 31.1 Å². The van der Waals surface area contributed by atoms with Crippen LogP contribution in [0.2, 0.25) is 0 Å². The zero-order chi connectivity index (χ0) is 38.3. The van der Waals surface area contributed by atoms with Crippen molar-refractivity contribution in [3.05, 3.63) is 178 Å². The van der Waals surface area contributed by atoms with Crippen LogP contribution in [0.1, 0.15) is 111 Å². The Balaban J connectivity index is 0.000000384. The number of hydrogen-bond acceptors (Lipinski definition) is 4. The molecule has 5 rings (SSSR count). The van der Waals surface area contributed by atoms with Crippen molar-refractivity contribution in [2.75, 3.05) is 14.1 Å². The predicted molar refractivity (Wildman–Crippen MR) is 228 cm³/mol. The molecule has 0 aliphatic carbocycles. The van der Waals surface area contributed by atoms with E-state index < -0.39 is 33.1 Å². The number of aliphatic hydroxyl groups excluding tert-OH is 2. The average Bonchev–Trinajstić information content (AvgIpc) is 3.18. The van der Waals surface area contributed by atoms with E-state index in [2.05, 4.69) is 62.8 Å². The Morgan fingerprint density at radius 3 is 1.08 bits per heavy atom. The van der Waals surface area contributed by atoms with Crippen molar-refractivity contribution in [2.24, 2.45) is 9.98 Å². The second-order valence-electron chi connectivity index (χ2n) is 12.8. The Morgan fingerprint density at radius 1 is 0.528 bits per heavy atom. The van der Waals surface area contributed by atoms with Crippen LogP contribution in [0.15, 0.2) is 150 Å². The number of nitrogens with zero attached hydrogens (tertiary/aromatic N) is 2. The van der Waals surface area contributed by atoms with Crippen LogP contribution in [0.25, 0.3) is 0 Å². The maximum absolute atomic E-state index is 10.2. The van der Waals surface area contributed by atoms with E-state index in [1.807, 2.05) is 121 Å². The van der Waals surface area contributed by atoms with Crippen LogP contribution in [0.3, 0.4) is 0 Å². The first-order valence-corrected chi connectivity index (χ1v) is 23.9. The van der Waals surface area contributed by atoms with Crippen molar-refractivity contribution >= 4 is 28.4 Å². The summed E-state index contributed by atoms with van der Waals surface area (Å²) in [7, 11) is 13.4. The summed E-state index contributed by atoms with van der Waals surface area (Å²) in [5.41, 5.74) is 10.3. The molecule has 0 radical (unpaired) electrons. The Hall–Kier alpha value is -3.18. The summed E-state index contributed by atoms with van der Waals surface area (Å²) in [6, 6.07) is 46.0. The Bertz CT molecular complexity index is 1610. The summed E-state index contributed by atoms with van der Waals surface area (Å²) >= 11 is -0.826. The van der Waals surface area contributed by atoms with Gasteiger partial charge < -0.3 is 10.2 Å². The third kappa shape index (κ3) is 17.2. The van der Waals surface area contributed by atoms with Crippen molar-refractivity contribution in [1.29, 1.82) is 0 Å². The van der Waals surface area contributed by atoms with E-state index in [4.69, 9.17) is 17.0 Å². The number of rotatable bonds is 10. The van der Waals surface area contributed by atoms with Gasteiger partial charge in [-0.1, -0.05) is 175 Å². The minimum atomic E-state index is -0.826. The van der Waals surface area contributed by atoms with Crippen molar-refractivity contribution in [3.63, 3.8) is 0 Å². The summed E-state index contributed by atoms with van der Waals surface area (Å²) in [6.07, 6.45) is 0.0462. The third-order valence-electron chi connectivity index (χ3n) is 8.56. The quantitative estimate of drug-likeness (QED) is 0.138. The van der Waals surface area contributed by atoms with Gasteiger partial charge in [-0.05, 0) is 57.7 Å². The van der Waals surface area contributed by atoms with Crippen LogP contribution in [-0.4, -0.2) is 35.7 Å². The Labute approximate surface area is 338 Å². The average molecular weight is 833 g/mol. The van der Waals surface area contributed by atoms with Gasteiger partial charge in [-0.3, -0.25) is 9.98 Å². The molecule has 0 saturated heterocycles. The van der Waals surface area contributed by atoms with Gasteiger partial charge in [0.05, 0.1) is 12.2 Å². The van der Waals surface area contributed by atoms with Crippen molar-refractivity contribution in [3.8, 4) is 0 Å². The fourth-order valence-electron chi connectivity index (χ4n) is 5.81. The van der Waals surface area contributed by atoms with E-state index in [1.165, 1.54) is 16.7 Å². The van der Waals surface area contributed by atoms with Crippen LogP contribution in [0.4, 0.5) is 0 Å². The molecule has 7 heteroatoms. The summed E-state index contributed by atoms with van der Waals surface area (Å²) < 4.78 is 0. The molecule has 0 amide bonds. The van der Waals surface area contributed by atoms with E-state index in [9.17, 15) is 10.2 Å². The van der Waals surface area contributed by atoms with E-state index in [1.54, 1.807) is 14.1 Å². The molecular formula is C46H58Cl2N2O2Zr. The van der Waals surface area contributed by atoms with Gasteiger partial charge in [0.15, 0.2) is 0 Å². The van der Waals surface area contributed by atoms with Gasteiger partial charge >= 0.3 is 37.9 Å². The molecule has 2 atom stereocenters. The molecule has 0 aromatic heterocycles. The molecule has 0 aliphatic heterocycles. The van der Waals surface area contributed by atoms with Crippen LogP contribution in [0, 0.1) is 6.92 Å². The molecule has 53 heavy (non-hydrogen) atoms. The first kappa shape index (κ1) is 47.8. The second-order valence-corrected chi connectivity index (χ2v) is 16.5. The number of aliphatic imine (C=N–C) groups is 2. The van der Waals surface area contributed by atoms with E-state index in [0.29, 0.717) is 24.7 Å². The molecular weight excluding hydrogens is 775 g/mol. The molecule has 0 fully saturated rings. The molecule has 2 unspecified atom stereocenters. The van der Waals surface area contributed by atoms with E-state index in [0.717, 1.165) is 33.7 Å². The molecule has 0 aliphatic rings. The van der Waals surface area contributed by atoms with Gasteiger partial charge in [0.2, 0.25) is 0 Å². The van der Waals surface area contributed by atoms with E-state index >= 15 is 0 Å². The van der Waals surface area contributed by atoms with Crippen LogP contribution in [0.5, 0.6) is 0 Å². The van der Waals surface area contributed by atoms with Crippen molar-refractivity contribution in [2.45, 2.75) is 78.9 Å². The molecule has 5 aromatic rings. The molecule has 5 aromatic carbocycles. The second kappa shape index (κ2) is 27.4. The first-order chi connectivity index (χ1) is 25.1. The minimum absolute atomic E-state index is 0. The van der Waals surface area contributed by atoms with Gasteiger partial charge in [0, 0.05) is 38.4 Å². The van der Waals surface area contributed by atoms with Gasteiger partial charge in [-0.15, -0.1) is 0 Å². The zero-order valence-corrected chi connectivity index (χ0v) is 35.5. The standard InChI is InChI=1S/2C16H17NO.C13H20.CH4.2ClH.Zr/c2*1-17-15(13-8-4-2-5-9-13)12-16(18)14-10-6-3-7-11-14;1-9(2)12-7-6-8-13(10(3)4)11(12)5;;;;/h2*2-11,16,18H,12H2,1H3;6-10H,1-5H3;1H4;2*1H;/q;;;;;;+2/p-2. The summed E-state index contributed by atoms with van der Waals surface area (Å²) in [6.45, 7) is 11.3. The fourth-order valence-corrected chi connectivity index (χ4v) is 5.81. The fraction of sp³-hybridized carbons (Fsp3) is 0.304. The maximum atomic E-state index is 10.2. The van der Waals surface area contributed by atoms with Crippen LogP contribution >= 0.6 is 17.0 Å². The Kier molecular flexibility index (Phi) is 24.7. The monoisotopic (exact) mass is 830 g/mol. The van der Waals surface area contributed by atoms with Gasteiger partial charge in [0.25, 0.3) is 0 Å². The zero-order valence-electron chi connectivity index (χ0n) is 31.5. The normalized spacial score (nSPS) is 12.1. The van der Waals surface area contributed by atoms with Crippen LogP contribution in [-0.2, 0) is 20.8 Å². The molecule has 0 bridgehead atoms. The molecule has 4 nitrogen and oxygen atoms in total. The SMILES string of the molecule is C.CN=C(CC(O)c1ccccc1)c1ccccc1.CN=C(CC(O)c1ccccc1)c1ccccc1.Cc1c(C(C)C)cccc1C(C)C.[Cl][Zr][Cl]. The molecule has 0 heterocycles.